The van der Waals surface area contributed by atoms with Crippen molar-refractivity contribution in [2.75, 3.05) is 0 Å². The van der Waals surface area contributed by atoms with Gasteiger partial charge in [0.1, 0.15) is 11.7 Å². The molecule has 0 radical (unpaired) electrons. The van der Waals surface area contributed by atoms with Crippen molar-refractivity contribution in [2.24, 2.45) is 0 Å². The van der Waals surface area contributed by atoms with Gasteiger partial charge in [0.05, 0.1) is 11.1 Å². The quantitative estimate of drug-likeness (QED) is 0.347. The maximum atomic E-state index is 12.8. The average Bonchev–Trinajstić information content (AvgIpc) is 2.73. The summed E-state index contributed by atoms with van der Waals surface area (Å²) in [6.07, 6.45) is 4.81. The molecule has 0 saturated carbocycles. The molecule has 2 aromatic rings. The van der Waals surface area contributed by atoms with E-state index in [2.05, 4.69) is 13.5 Å². The number of unbranched alkanes of at least 4 members (excludes halogenated alkanes) is 1. The van der Waals surface area contributed by atoms with E-state index < -0.39 is 11.7 Å². The van der Waals surface area contributed by atoms with E-state index in [-0.39, 0.29) is 11.9 Å². The predicted molar refractivity (Wildman–Crippen MR) is 115 cm³/mol. The molecular formula is C25H30O4. The van der Waals surface area contributed by atoms with E-state index in [1.807, 2.05) is 31.2 Å². The van der Waals surface area contributed by atoms with Crippen molar-refractivity contribution in [3.63, 3.8) is 0 Å². The predicted octanol–water partition coefficient (Wildman–Crippen LogP) is 5.98. The zero-order chi connectivity index (χ0) is 21.1. The van der Waals surface area contributed by atoms with Crippen LogP contribution >= 0.6 is 0 Å². The first-order chi connectivity index (χ1) is 14.0. The van der Waals surface area contributed by atoms with Gasteiger partial charge in [-0.05, 0) is 44.0 Å². The summed E-state index contributed by atoms with van der Waals surface area (Å²) >= 11 is 0. The lowest BCUT2D eigenvalue weighted by Crippen LogP contribution is -2.39. The number of carbonyl (C=O) groups is 2. The molecule has 0 aliphatic carbocycles. The van der Waals surface area contributed by atoms with Crippen molar-refractivity contribution in [3.05, 3.63) is 84.4 Å². The van der Waals surface area contributed by atoms with Crippen LogP contribution in [-0.2, 0) is 9.47 Å². The second-order valence-electron chi connectivity index (χ2n) is 7.32. The lowest BCUT2D eigenvalue weighted by Gasteiger charge is -2.35. The van der Waals surface area contributed by atoms with Crippen LogP contribution in [0.25, 0.3) is 0 Å². The van der Waals surface area contributed by atoms with Crippen molar-refractivity contribution in [2.45, 2.75) is 57.7 Å². The summed E-state index contributed by atoms with van der Waals surface area (Å²) in [6.45, 7) is 7.78. The van der Waals surface area contributed by atoms with Crippen molar-refractivity contribution >= 4 is 11.9 Å². The highest BCUT2D eigenvalue weighted by Gasteiger charge is 2.36. The Balaban J connectivity index is 2.15. The molecule has 0 amide bonds. The van der Waals surface area contributed by atoms with Crippen LogP contribution in [0.1, 0.15) is 66.7 Å². The highest BCUT2D eigenvalue weighted by Crippen LogP contribution is 2.32. The third-order valence-corrected chi connectivity index (χ3v) is 4.80. The Morgan fingerprint density at radius 3 is 2.07 bits per heavy atom. The SMILES string of the molecule is C=CCC(CCCC)(CC(C)OC(=O)c1ccccc1)OC(=O)c1ccccc1. The molecule has 0 aliphatic heterocycles. The van der Waals surface area contributed by atoms with Gasteiger partial charge in [0.25, 0.3) is 0 Å². The van der Waals surface area contributed by atoms with E-state index in [0.29, 0.717) is 30.4 Å². The second kappa shape index (κ2) is 11.2. The molecule has 29 heavy (non-hydrogen) atoms. The van der Waals surface area contributed by atoms with Gasteiger partial charge in [0, 0.05) is 12.8 Å². The molecule has 2 aromatic carbocycles. The largest absolute Gasteiger partial charge is 0.459 e. The monoisotopic (exact) mass is 394 g/mol. The fourth-order valence-corrected chi connectivity index (χ4v) is 3.40. The highest BCUT2D eigenvalue weighted by atomic mass is 16.6. The molecule has 4 heteroatoms. The number of carbonyl (C=O) groups excluding carboxylic acids is 2. The molecule has 0 bridgehead atoms. The maximum absolute atomic E-state index is 12.8. The van der Waals surface area contributed by atoms with E-state index in [1.165, 1.54) is 0 Å². The smallest absolute Gasteiger partial charge is 0.338 e. The van der Waals surface area contributed by atoms with Gasteiger partial charge in [-0.2, -0.15) is 0 Å². The first kappa shape index (κ1) is 22.4. The van der Waals surface area contributed by atoms with Crippen LogP contribution in [0.3, 0.4) is 0 Å². The first-order valence-electron chi connectivity index (χ1n) is 10.1. The molecule has 0 spiro atoms. The number of rotatable bonds is 11. The van der Waals surface area contributed by atoms with E-state index in [4.69, 9.17) is 9.47 Å². The molecule has 0 aromatic heterocycles. The van der Waals surface area contributed by atoms with Gasteiger partial charge < -0.3 is 9.47 Å². The second-order valence-corrected chi connectivity index (χ2v) is 7.32. The van der Waals surface area contributed by atoms with Gasteiger partial charge in [-0.3, -0.25) is 0 Å². The van der Waals surface area contributed by atoms with Gasteiger partial charge in [0.15, 0.2) is 0 Å². The molecule has 2 atom stereocenters. The van der Waals surface area contributed by atoms with Gasteiger partial charge in [0.2, 0.25) is 0 Å². The average molecular weight is 395 g/mol. The summed E-state index contributed by atoms with van der Waals surface area (Å²) in [7, 11) is 0. The van der Waals surface area contributed by atoms with E-state index in [0.717, 1.165) is 12.8 Å². The Kier molecular flexibility index (Phi) is 8.66. The normalized spacial score (nSPS) is 13.7. The minimum atomic E-state index is -0.763. The number of ether oxygens (including phenoxy) is 2. The zero-order valence-corrected chi connectivity index (χ0v) is 17.3. The molecule has 4 nitrogen and oxygen atoms in total. The Labute approximate surface area is 173 Å². The first-order valence-corrected chi connectivity index (χ1v) is 10.1. The number of hydrogen-bond acceptors (Lipinski definition) is 4. The molecule has 0 aliphatic rings. The van der Waals surface area contributed by atoms with Gasteiger partial charge >= 0.3 is 11.9 Å². The summed E-state index contributed by atoms with van der Waals surface area (Å²) in [4.78, 5) is 25.2. The van der Waals surface area contributed by atoms with E-state index in [1.54, 1.807) is 42.5 Å². The fraction of sp³-hybridized carbons (Fsp3) is 0.360. The minimum Gasteiger partial charge on any atom is -0.459 e. The third kappa shape index (κ3) is 6.90. The van der Waals surface area contributed by atoms with Crippen LogP contribution in [-0.4, -0.2) is 23.6 Å². The number of esters is 2. The van der Waals surface area contributed by atoms with E-state index in [9.17, 15) is 9.59 Å². The van der Waals surface area contributed by atoms with Crippen molar-refractivity contribution in [1.82, 2.24) is 0 Å². The van der Waals surface area contributed by atoms with Crippen molar-refractivity contribution < 1.29 is 19.1 Å². The van der Waals surface area contributed by atoms with Gasteiger partial charge in [-0.25, -0.2) is 9.59 Å². The third-order valence-electron chi connectivity index (χ3n) is 4.80. The Morgan fingerprint density at radius 2 is 1.55 bits per heavy atom. The number of hydrogen-bond donors (Lipinski definition) is 0. The van der Waals surface area contributed by atoms with Crippen LogP contribution in [0.4, 0.5) is 0 Å². The minimum absolute atomic E-state index is 0.370. The molecule has 154 valence electrons. The zero-order valence-electron chi connectivity index (χ0n) is 17.3. The maximum Gasteiger partial charge on any atom is 0.338 e. The van der Waals surface area contributed by atoms with Crippen LogP contribution < -0.4 is 0 Å². The lowest BCUT2D eigenvalue weighted by molar-refractivity contribution is -0.0496. The summed E-state index contributed by atoms with van der Waals surface area (Å²) in [5.74, 6) is -0.749. The number of benzene rings is 2. The van der Waals surface area contributed by atoms with Crippen molar-refractivity contribution in [3.8, 4) is 0 Å². The van der Waals surface area contributed by atoms with Crippen molar-refractivity contribution in [1.29, 1.82) is 0 Å². The summed E-state index contributed by atoms with van der Waals surface area (Å²) in [5.41, 5.74) is 0.246. The standard InChI is InChI=1S/C25H30O4/c1-4-6-18-25(17-5-2,29-24(27)22-15-11-8-12-16-22)19-20(3)28-23(26)21-13-9-7-10-14-21/h5,7-16,20H,2,4,6,17-19H2,1,3H3. The fourth-order valence-electron chi connectivity index (χ4n) is 3.40. The molecule has 2 rings (SSSR count). The van der Waals surface area contributed by atoms with Gasteiger partial charge in [-0.15, -0.1) is 6.58 Å². The molecule has 0 heterocycles. The molecule has 0 N–H and O–H groups in total. The van der Waals surface area contributed by atoms with Crippen LogP contribution in [0.2, 0.25) is 0 Å². The van der Waals surface area contributed by atoms with Crippen LogP contribution in [0.15, 0.2) is 73.3 Å². The highest BCUT2D eigenvalue weighted by molar-refractivity contribution is 5.90. The Bertz CT molecular complexity index is 785. The Hall–Kier alpha value is -2.88. The molecular weight excluding hydrogens is 364 g/mol. The topological polar surface area (TPSA) is 52.6 Å². The van der Waals surface area contributed by atoms with Gasteiger partial charge in [-0.1, -0.05) is 55.8 Å². The van der Waals surface area contributed by atoms with Crippen LogP contribution in [0, 0.1) is 0 Å². The summed E-state index contributed by atoms with van der Waals surface area (Å²) < 4.78 is 11.7. The molecule has 0 fully saturated rings. The van der Waals surface area contributed by atoms with Crippen LogP contribution in [0.5, 0.6) is 0 Å². The molecule has 2 unspecified atom stereocenters. The summed E-state index contributed by atoms with van der Waals surface area (Å²) in [5, 5.41) is 0. The lowest BCUT2D eigenvalue weighted by atomic mass is 9.87. The molecule has 0 saturated heterocycles. The summed E-state index contributed by atoms with van der Waals surface area (Å²) in [6, 6.07) is 17.8. The Morgan fingerprint density at radius 1 is 1.00 bits per heavy atom. The van der Waals surface area contributed by atoms with E-state index >= 15 is 0 Å².